The van der Waals surface area contributed by atoms with E-state index in [1.54, 1.807) is 25.1 Å². The van der Waals surface area contributed by atoms with Gasteiger partial charge in [0.15, 0.2) is 0 Å². The Labute approximate surface area is 216 Å². The fraction of sp³-hybridized carbons (Fsp3) is 0.536. The third kappa shape index (κ3) is 9.86. The van der Waals surface area contributed by atoms with Crippen molar-refractivity contribution >= 4 is 21.8 Å². The zero-order valence-electron chi connectivity index (χ0n) is 20.8. The normalized spacial score (nSPS) is 11.5. The van der Waals surface area contributed by atoms with Crippen molar-refractivity contribution in [3.05, 3.63) is 52.0 Å². The molecule has 0 aliphatic heterocycles. The van der Waals surface area contributed by atoms with Gasteiger partial charge < -0.3 is 10.1 Å². The van der Waals surface area contributed by atoms with E-state index in [1.807, 2.05) is 0 Å². The molecule has 0 spiro atoms. The summed E-state index contributed by atoms with van der Waals surface area (Å²) >= 11 is 3.40. The lowest BCUT2D eigenvalue weighted by Crippen LogP contribution is -2.25. The Morgan fingerprint density at radius 2 is 1.54 bits per heavy atom. The minimum atomic E-state index is -4.46. The van der Waals surface area contributed by atoms with Gasteiger partial charge in [-0.2, -0.15) is 13.2 Å². The molecule has 3 nitrogen and oxygen atoms in total. The lowest BCUT2D eigenvalue weighted by Gasteiger charge is -2.17. The largest absolute Gasteiger partial charge is 0.492 e. The second-order valence-corrected chi connectivity index (χ2v) is 9.70. The number of benzene rings is 2. The average molecular weight is 557 g/mol. The SMILES string of the molecule is CCCCCCCCCCCCNC(=O)c1cc(Br)cc(-c2cccc(C(F)(F)F)c2)c1OCC. The van der Waals surface area contributed by atoms with E-state index < -0.39 is 11.7 Å². The third-order valence-corrected chi connectivity index (χ3v) is 6.36. The number of amides is 1. The van der Waals surface area contributed by atoms with Gasteiger partial charge in [0.25, 0.3) is 5.91 Å². The highest BCUT2D eigenvalue weighted by atomic mass is 79.9. The van der Waals surface area contributed by atoms with Gasteiger partial charge in [-0.05, 0) is 43.2 Å². The number of nitrogens with one attached hydrogen (secondary N) is 1. The first kappa shape index (κ1) is 29.2. The number of carbonyl (C=O) groups excluding carboxylic acids is 1. The second-order valence-electron chi connectivity index (χ2n) is 8.78. The predicted molar refractivity (Wildman–Crippen MR) is 140 cm³/mol. The molecule has 0 fully saturated rings. The first-order valence-electron chi connectivity index (χ1n) is 12.7. The molecule has 0 aliphatic rings. The molecule has 0 aromatic heterocycles. The minimum Gasteiger partial charge on any atom is -0.492 e. The number of alkyl halides is 3. The summed E-state index contributed by atoms with van der Waals surface area (Å²) in [5.74, 6) is -0.00509. The standard InChI is InChI=1S/C28H37BrF3NO2/c1-3-5-6-7-8-9-10-11-12-13-17-33-27(34)25-20-23(29)19-24(26(25)35-4-2)21-15-14-16-22(18-21)28(30,31)32/h14-16,18-20H,3-13,17H2,1-2H3,(H,33,34). The van der Waals surface area contributed by atoms with Gasteiger partial charge in [0.1, 0.15) is 5.75 Å². The van der Waals surface area contributed by atoms with Gasteiger partial charge in [-0.15, -0.1) is 0 Å². The molecule has 0 aliphatic carbocycles. The smallest absolute Gasteiger partial charge is 0.416 e. The average Bonchev–Trinajstić information content (AvgIpc) is 2.83. The molecule has 2 rings (SSSR count). The molecule has 7 heteroatoms. The molecule has 2 aromatic rings. The van der Waals surface area contributed by atoms with Crippen LogP contribution in [0.4, 0.5) is 13.2 Å². The quantitative estimate of drug-likeness (QED) is 0.222. The second kappa shape index (κ2) is 15.2. The number of hydrogen-bond acceptors (Lipinski definition) is 2. The Morgan fingerprint density at radius 3 is 2.14 bits per heavy atom. The van der Waals surface area contributed by atoms with Crippen LogP contribution in [-0.2, 0) is 6.18 Å². The first-order valence-corrected chi connectivity index (χ1v) is 13.5. The summed E-state index contributed by atoms with van der Waals surface area (Å²) in [6, 6.07) is 8.39. The van der Waals surface area contributed by atoms with Crippen LogP contribution in [0.2, 0.25) is 0 Å². The number of carbonyl (C=O) groups is 1. The van der Waals surface area contributed by atoms with Gasteiger partial charge >= 0.3 is 6.18 Å². The maximum Gasteiger partial charge on any atom is 0.416 e. The van der Waals surface area contributed by atoms with Gasteiger partial charge in [-0.25, -0.2) is 0 Å². The van der Waals surface area contributed by atoms with Crippen LogP contribution in [0.25, 0.3) is 11.1 Å². The molecular weight excluding hydrogens is 519 g/mol. The Morgan fingerprint density at radius 1 is 0.914 bits per heavy atom. The van der Waals surface area contributed by atoms with E-state index in [9.17, 15) is 18.0 Å². The van der Waals surface area contributed by atoms with Crippen LogP contribution in [0, 0.1) is 0 Å². The Bertz CT molecular complexity index is 931. The van der Waals surface area contributed by atoms with Gasteiger partial charge in [0.05, 0.1) is 17.7 Å². The molecule has 1 N–H and O–H groups in total. The van der Waals surface area contributed by atoms with Crippen molar-refractivity contribution in [2.45, 2.75) is 84.2 Å². The molecule has 0 saturated heterocycles. The zero-order chi connectivity index (χ0) is 25.7. The van der Waals surface area contributed by atoms with Crippen molar-refractivity contribution in [2.24, 2.45) is 0 Å². The summed E-state index contributed by atoms with van der Waals surface area (Å²) in [6.07, 6.45) is 7.68. The van der Waals surface area contributed by atoms with Crippen molar-refractivity contribution in [3.63, 3.8) is 0 Å². The highest BCUT2D eigenvalue weighted by Gasteiger charge is 2.31. The molecule has 35 heavy (non-hydrogen) atoms. The molecular formula is C28H37BrF3NO2. The van der Waals surface area contributed by atoms with Crippen LogP contribution in [0.5, 0.6) is 5.75 Å². The van der Waals surface area contributed by atoms with Crippen molar-refractivity contribution in [2.75, 3.05) is 13.2 Å². The molecule has 2 aromatic carbocycles. The van der Waals surface area contributed by atoms with E-state index >= 15 is 0 Å². The predicted octanol–water partition coefficient (Wildman–Crippen LogP) is 9.18. The molecule has 194 valence electrons. The monoisotopic (exact) mass is 555 g/mol. The van der Waals surface area contributed by atoms with E-state index in [2.05, 4.69) is 28.2 Å². The van der Waals surface area contributed by atoms with Crippen LogP contribution < -0.4 is 10.1 Å². The topological polar surface area (TPSA) is 38.3 Å². The number of ether oxygens (including phenoxy) is 1. The maximum atomic E-state index is 13.2. The van der Waals surface area contributed by atoms with Crippen molar-refractivity contribution < 1.29 is 22.7 Å². The van der Waals surface area contributed by atoms with Gasteiger partial charge in [-0.1, -0.05) is 92.8 Å². The summed E-state index contributed by atoms with van der Waals surface area (Å²) < 4.78 is 46.1. The van der Waals surface area contributed by atoms with Crippen LogP contribution in [0.15, 0.2) is 40.9 Å². The van der Waals surface area contributed by atoms with Crippen LogP contribution >= 0.6 is 15.9 Å². The van der Waals surface area contributed by atoms with Crippen LogP contribution in [0.3, 0.4) is 0 Å². The summed E-state index contributed by atoms with van der Waals surface area (Å²) in [5, 5.41) is 2.94. The minimum absolute atomic E-state index is 0.284. The lowest BCUT2D eigenvalue weighted by atomic mass is 9.99. The van der Waals surface area contributed by atoms with E-state index in [0.29, 0.717) is 27.7 Å². The molecule has 0 saturated carbocycles. The number of halogens is 4. The number of unbranched alkanes of at least 4 members (excludes halogenated alkanes) is 9. The Hall–Kier alpha value is -2.02. The van der Waals surface area contributed by atoms with Gasteiger partial charge in [0, 0.05) is 16.6 Å². The summed E-state index contributed by atoms with van der Waals surface area (Å²) in [6.45, 7) is 4.84. The maximum absolute atomic E-state index is 13.2. The Balaban J connectivity index is 1.99. The fourth-order valence-corrected chi connectivity index (χ4v) is 4.51. The molecule has 0 unspecified atom stereocenters. The van der Waals surface area contributed by atoms with E-state index in [4.69, 9.17) is 4.74 Å². The lowest BCUT2D eigenvalue weighted by molar-refractivity contribution is -0.137. The van der Waals surface area contributed by atoms with E-state index in [-0.39, 0.29) is 18.3 Å². The van der Waals surface area contributed by atoms with Gasteiger partial charge in [0.2, 0.25) is 0 Å². The molecule has 0 bridgehead atoms. The van der Waals surface area contributed by atoms with E-state index in [0.717, 1.165) is 31.4 Å². The summed E-state index contributed by atoms with van der Waals surface area (Å²) in [5.41, 5.74) is 0.342. The fourth-order valence-electron chi connectivity index (χ4n) is 4.05. The highest BCUT2D eigenvalue weighted by Crippen LogP contribution is 2.39. The van der Waals surface area contributed by atoms with Crippen molar-refractivity contribution in [1.29, 1.82) is 0 Å². The first-order chi connectivity index (χ1) is 16.8. The molecule has 0 radical (unpaired) electrons. The highest BCUT2D eigenvalue weighted by molar-refractivity contribution is 9.10. The van der Waals surface area contributed by atoms with Crippen molar-refractivity contribution in [1.82, 2.24) is 5.32 Å². The van der Waals surface area contributed by atoms with Crippen LogP contribution in [0.1, 0.15) is 94.0 Å². The number of hydrogen-bond donors (Lipinski definition) is 1. The summed E-state index contributed by atoms with van der Waals surface area (Å²) in [4.78, 5) is 13.0. The molecule has 0 atom stereocenters. The molecule has 0 heterocycles. The van der Waals surface area contributed by atoms with Crippen molar-refractivity contribution in [3.8, 4) is 16.9 Å². The zero-order valence-corrected chi connectivity index (χ0v) is 22.4. The third-order valence-electron chi connectivity index (χ3n) is 5.90. The van der Waals surface area contributed by atoms with Gasteiger partial charge in [-0.3, -0.25) is 4.79 Å². The van der Waals surface area contributed by atoms with E-state index in [1.165, 1.54) is 51.0 Å². The van der Waals surface area contributed by atoms with Crippen LogP contribution in [-0.4, -0.2) is 19.1 Å². The Kier molecular flexibility index (Phi) is 12.7. The number of rotatable bonds is 15. The molecule has 1 amide bonds. The summed E-state index contributed by atoms with van der Waals surface area (Å²) in [7, 11) is 0.